The summed E-state index contributed by atoms with van der Waals surface area (Å²) in [6.07, 6.45) is 6.63. The number of rotatable bonds is 5. The van der Waals surface area contributed by atoms with Crippen molar-refractivity contribution in [3.63, 3.8) is 0 Å². The number of nitrogens with one attached hydrogen (secondary N) is 1. The summed E-state index contributed by atoms with van der Waals surface area (Å²) in [6.45, 7) is 0.569. The molecule has 3 rings (SSSR count). The molecule has 2 aromatic heterocycles. The third kappa shape index (κ3) is 4.83. The van der Waals surface area contributed by atoms with Crippen LogP contribution in [0.1, 0.15) is 21.6 Å². The van der Waals surface area contributed by atoms with Crippen molar-refractivity contribution >= 4 is 44.0 Å². The molecule has 0 bridgehead atoms. The molecule has 8 heteroatoms. The topological polar surface area (TPSA) is 72.2 Å². The predicted octanol–water partition coefficient (Wildman–Crippen LogP) is 3.62. The van der Waals surface area contributed by atoms with Gasteiger partial charge in [0.1, 0.15) is 0 Å². The smallest absolute Gasteiger partial charge is 0.266 e. The highest BCUT2D eigenvalue weighted by Gasteiger charge is 2.14. The van der Waals surface area contributed by atoms with Gasteiger partial charge in [0.05, 0.1) is 17.2 Å². The Morgan fingerprint density at radius 1 is 1.16 bits per heavy atom. The molecule has 0 saturated carbocycles. The van der Waals surface area contributed by atoms with Crippen LogP contribution in [0.25, 0.3) is 0 Å². The lowest BCUT2D eigenvalue weighted by Crippen LogP contribution is -2.19. The zero-order valence-electron chi connectivity index (χ0n) is 12.9. The average molecular weight is 463 g/mol. The average Bonchev–Trinajstić information content (AvgIpc) is 2.98. The van der Waals surface area contributed by atoms with Crippen molar-refractivity contribution in [1.82, 2.24) is 20.2 Å². The maximum atomic E-state index is 12.2. The van der Waals surface area contributed by atoms with Crippen LogP contribution in [0.15, 0.2) is 69.0 Å². The van der Waals surface area contributed by atoms with E-state index in [2.05, 4.69) is 52.5 Å². The molecular formula is C17H13Br2N5O. The molecule has 0 aliphatic carbocycles. The highest BCUT2D eigenvalue weighted by molar-refractivity contribution is 9.10. The van der Waals surface area contributed by atoms with Gasteiger partial charge in [-0.1, -0.05) is 28.1 Å². The molecule has 3 aromatic rings. The van der Waals surface area contributed by atoms with Gasteiger partial charge < -0.3 is 0 Å². The van der Waals surface area contributed by atoms with Crippen molar-refractivity contribution in [2.45, 2.75) is 6.54 Å². The lowest BCUT2D eigenvalue weighted by molar-refractivity contribution is 0.0948. The van der Waals surface area contributed by atoms with E-state index in [9.17, 15) is 4.79 Å². The second-order valence-electron chi connectivity index (χ2n) is 5.13. The summed E-state index contributed by atoms with van der Waals surface area (Å²) in [6, 6.07) is 11.5. The molecule has 2 heterocycles. The number of carbonyl (C=O) groups is 1. The lowest BCUT2D eigenvalue weighted by Gasteiger charge is -2.02. The van der Waals surface area contributed by atoms with E-state index in [1.807, 2.05) is 24.3 Å². The van der Waals surface area contributed by atoms with Gasteiger partial charge in [-0.05, 0) is 51.3 Å². The number of amides is 1. The van der Waals surface area contributed by atoms with Gasteiger partial charge >= 0.3 is 0 Å². The molecular weight excluding hydrogens is 450 g/mol. The van der Waals surface area contributed by atoms with Crippen molar-refractivity contribution in [1.29, 1.82) is 0 Å². The number of halogens is 2. The van der Waals surface area contributed by atoms with Crippen molar-refractivity contribution in [3.05, 3.63) is 80.8 Å². The van der Waals surface area contributed by atoms with Crippen LogP contribution in [0.3, 0.4) is 0 Å². The maximum Gasteiger partial charge on any atom is 0.293 e. The van der Waals surface area contributed by atoms with Crippen LogP contribution in [-0.4, -0.2) is 26.9 Å². The van der Waals surface area contributed by atoms with Gasteiger partial charge in [0, 0.05) is 23.1 Å². The first-order chi connectivity index (χ1) is 12.1. The molecule has 0 radical (unpaired) electrons. The fraction of sp³-hybridized carbons (Fsp3) is 0.0588. The minimum Gasteiger partial charge on any atom is -0.266 e. The van der Waals surface area contributed by atoms with Crippen LogP contribution in [0.4, 0.5) is 0 Å². The van der Waals surface area contributed by atoms with Crippen molar-refractivity contribution in [2.75, 3.05) is 0 Å². The Hall–Kier alpha value is -2.32. The van der Waals surface area contributed by atoms with Gasteiger partial charge in [-0.2, -0.15) is 10.2 Å². The number of carbonyl (C=O) groups excluding carboxylic acids is 1. The maximum absolute atomic E-state index is 12.2. The Balaban J connectivity index is 1.66. The number of aromatic nitrogens is 3. The SMILES string of the molecule is O=C(N/N=C/c1ccncc1)c1nn(Cc2ccc(Br)cc2)cc1Br. The molecule has 0 saturated heterocycles. The molecule has 1 N–H and O–H groups in total. The molecule has 0 fully saturated rings. The first-order valence-electron chi connectivity index (χ1n) is 7.32. The van der Waals surface area contributed by atoms with Gasteiger partial charge in [-0.25, -0.2) is 5.43 Å². The minimum atomic E-state index is -0.383. The van der Waals surface area contributed by atoms with Crippen molar-refractivity contribution in [2.24, 2.45) is 5.10 Å². The van der Waals surface area contributed by atoms with E-state index in [1.165, 1.54) is 0 Å². The number of hydrogen-bond donors (Lipinski definition) is 1. The fourth-order valence-corrected chi connectivity index (χ4v) is 2.84. The lowest BCUT2D eigenvalue weighted by atomic mass is 10.2. The number of nitrogens with zero attached hydrogens (tertiary/aromatic N) is 4. The molecule has 0 aliphatic heterocycles. The van der Waals surface area contributed by atoms with Gasteiger partial charge in [0.2, 0.25) is 0 Å². The summed E-state index contributed by atoms with van der Waals surface area (Å²) in [7, 11) is 0. The monoisotopic (exact) mass is 461 g/mol. The van der Waals surface area contributed by atoms with Crippen molar-refractivity contribution < 1.29 is 4.79 Å². The molecule has 0 atom stereocenters. The van der Waals surface area contributed by atoms with Crippen LogP contribution in [0.5, 0.6) is 0 Å². The third-order valence-electron chi connectivity index (χ3n) is 3.28. The summed E-state index contributed by atoms with van der Waals surface area (Å²) in [4.78, 5) is 16.1. The van der Waals surface area contributed by atoms with Gasteiger partial charge in [-0.3, -0.25) is 14.5 Å². The van der Waals surface area contributed by atoms with Crippen LogP contribution >= 0.6 is 31.9 Å². The van der Waals surface area contributed by atoms with Gasteiger partial charge in [-0.15, -0.1) is 0 Å². The second-order valence-corrected chi connectivity index (χ2v) is 6.90. The Morgan fingerprint density at radius 3 is 2.60 bits per heavy atom. The zero-order valence-corrected chi connectivity index (χ0v) is 16.1. The minimum absolute atomic E-state index is 0.281. The Labute approximate surface area is 161 Å². The van der Waals surface area contributed by atoms with E-state index < -0.39 is 0 Å². The van der Waals surface area contributed by atoms with E-state index in [4.69, 9.17) is 0 Å². The van der Waals surface area contributed by atoms with Gasteiger partial charge in [0.15, 0.2) is 5.69 Å². The predicted molar refractivity (Wildman–Crippen MR) is 102 cm³/mol. The summed E-state index contributed by atoms with van der Waals surface area (Å²) in [5, 5.41) is 8.25. The summed E-state index contributed by atoms with van der Waals surface area (Å²) < 4.78 is 3.33. The molecule has 25 heavy (non-hydrogen) atoms. The number of hydrazone groups is 1. The first-order valence-corrected chi connectivity index (χ1v) is 8.91. The van der Waals surface area contributed by atoms with E-state index >= 15 is 0 Å². The van der Waals surface area contributed by atoms with Gasteiger partial charge in [0.25, 0.3) is 5.91 Å². The quantitative estimate of drug-likeness (QED) is 0.465. The molecule has 0 spiro atoms. The molecule has 0 unspecified atom stereocenters. The van der Waals surface area contributed by atoms with Crippen molar-refractivity contribution in [3.8, 4) is 0 Å². The summed E-state index contributed by atoms with van der Waals surface area (Å²) >= 11 is 6.77. The third-order valence-corrected chi connectivity index (χ3v) is 4.38. The number of benzene rings is 1. The van der Waals surface area contributed by atoms with Crippen LogP contribution < -0.4 is 5.43 Å². The fourth-order valence-electron chi connectivity index (χ4n) is 2.08. The normalized spacial score (nSPS) is 11.0. The highest BCUT2D eigenvalue weighted by Crippen LogP contribution is 2.17. The standard InChI is InChI=1S/C17H13Br2N5O/c18-14-3-1-13(2-4-14)10-24-11-15(19)16(23-24)17(25)22-21-9-12-5-7-20-8-6-12/h1-9,11H,10H2,(H,22,25)/b21-9+. The van der Waals surface area contributed by atoms with E-state index in [0.717, 1.165) is 15.6 Å². The zero-order chi connectivity index (χ0) is 17.6. The number of pyridine rings is 1. The molecule has 0 aliphatic rings. The number of hydrogen-bond acceptors (Lipinski definition) is 4. The second kappa shape index (κ2) is 8.17. The summed E-state index contributed by atoms with van der Waals surface area (Å²) in [5.41, 5.74) is 4.68. The molecule has 1 amide bonds. The van der Waals surface area contributed by atoms with Crippen LogP contribution in [-0.2, 0) is 6.54 Å². The largest absolute Gasteiger partial charge is 0.293 e. The Kier molecular flexibility index (Phi) is 5.72. The first kappa shape index (κ1) is 17.5. The van der Waals surface area contributed by atoms with Crippen LogP contribution in [0.2, 0.25) is 0 Å². The Bertz CT molecular complexity index is 891. The van der Waals surface area contributed by atoms with Crippen LogP contribution in [0, 0.1) is 0 Å². The molecule has 1 aromatic carbocycles. The Morgan fingerprint density at radius 2 is 1.88 bits per heavy atom. The molecule has 6 nitrogen and oxygen atoms in total. The van der Waals surface area contributed by atoms with E-state index in [0.29, 0.717) is 11.0 Å². The summed E-state index contributed by atoms with van der Waals surface area (Å²) in [5.74, 6) is -0.383. The molecule has 126 valence electrons. The van der Waals surface area contributed by atoms with E-state index in [-0.39, 0.29) is 11.6 Å². The van der Waals surface area contributed by atoms with E-state index in [1.54, 1.807) is 41.6 Å². The highest BCUT2D eigenvalue weighted by atomic mass is 79.9.